The number of allylic oxidation sites excluding steroid dienone is 4. The Labute approximate surface area is 172 Å². The van der Waals surface area contributed by atoms with Gasteiger partial charge in [-0.3, -0.25) is 0 Å². The number of benzene rings is 2. The third-order valence-electron chi connectivity index (χ3n) is 6.36. The number of hydrogen-bond acceptors (Lipinski definition) is 1. The van der Waals surface area contributed by atoms with E-state index in [1.54, 1.807) is 0 Å². The lowest BCUT2D eigenvalue weighted by molar-refractivity contribution is 0.349. The van der Waals surface area contributed by atoms with E-state index in [2.05, 4.69) is 132 Å². The van der Waals surface area contributed by atoms with Crippen LogP contribution in [-0.4, -0.2) is 8.24 Å². The molecule has 1 aliphatic rings. The summed E-state index contributed by atoms with van der Waals surface area (Å²) in [4.78, 5) is 4.08. The van der Waals surface area contributed by atoms with E-state index < -0.39 is 8.24 Å². The molecule has 2 heteroatoms. The zero-order valence-corrected chi connectivity index (χ0v) is 19.5. The predicted octanol–water partition coefficient (Wildman–Crippen LogP) is 6.91. The van der Waals surface area contributed by atoms with Crippen LogP contribution in [0.3, 0.4) is 0 Å². The topological polar surface area (TPSA) is 12.0 Å². The van der Waals surface area contributed by atoms with Gasteiger partial charge >= 0.3 is 0 Å². The molecule has 3 rings (SSSR count). The number of hydrogen-bond donors (Lipinski definition) is 1. The fourth-order valence-electron chi connectivity index (χ4n) is 4.55. The van der Waals surface area contributed by atoms with Gasteiger partial charge in [0.1, 0.15) is 0 Å². The summed E-state index contributed by atoms with van der Waals surface area (Å²) in [5.41, 5.74) is 2.86. The Balaban J connectivity index is 2.26. The maximum Gasteiger partial charge on any atom is 0.196 e. The first-order valence-corrected chi connectivity index (χ1v) is 12.8. The highest BCUT2D eigenvalue weighted by molar-refractivity contribution is 6.96. The van der Waals surface area contributed by atoms with Gasteiger partial charge in [0, 0.05) is 10.7 Å². The van der Waals surface area contributed by atoms with Crippen molar-refractivity contribution in [1.29, 1.82) is 0 Å². The van der Waals surface area contributed by atoms with Crippen molar-refractivity contribution >= 4 is 19.1 Å². The van der Waals surface area contributed by atoms with Crippen LogP contribution in [0.25, 0.3) is 0 Å². The lowest BCUT2D eigenvalue weighted by atomic mass is 9.79. The van der Waals surface area contributed by atoms with Gasteiger partial charge < -0.3 is 4.98 Å². The summed E-state index contributed by atoms with van der Waals surface area (Å²) in [6.45, 7) is 16.6. The van der Waals surface area contributed by atoms with Crippen LogP contribution >= 0.6 is 0 Å². The summed E-state index contributed by atoms with van der Waals surface area (Å²) >= 11 is 0. The summed E-state index contributed by atoms with van der Waals surface area (Å²) in [7, 11) is -2.25. The second kappa shape index (κ2) is 7.08. The highest BCUT2D eigenvalue weighted by atomic mass is 28.3. The molecule has 1 aliphatic carbocycles. The molecule has 0 saturated carbocycles. The third kappa shape index (κ3) is 3.51. The molecule has 0 amide bonds. The molecular weight excluding hydrogens is 354 g/mol. The molecule has 2 aromatic carbocycles. The molecule has 148 valence electrons. The van der Waals surface area contributed by atoms with Crippen molar-refractivity contribution in [1.82, 2.24) is 0 Å². The zero-order chi connectivity index (χ0) is 20.6. The van der Waals surface area contributed by atoms with Crippen LogP contribution in [0.4, 0.5) is 5.69 Å². The summed E-state index contributed by atoms with van der Waals surface area (Å²) in [5.74, 6) is 0. The minimum Gasteiger partial charge on any atom is -0.406 e. The molecule has 1 N–H and O–H groups in total. The van der Waals surface area contributed by atoms with E-state index in [9.17, 15) is 0 Å². The van der Waals surface area contributed by atoms with Crippen LogP contribution in [0.5, 0.6) is 0 Å². The van der Waals surface area contributed by atoms with E-state index in [0.29, 0.717) is 0 Å². The van der Waals surface area contributed by atoms with Crippen LogP contribution in [0.15, 0.2) is 84.5 Å². The van der Waals surface area contributed by atoms with Gasteiger partial charge in [0.25, 0.3) is 0 Å². The molecule has 0 radical (unpaired) electrons. The highest BCUT2D eigenvalue weighted by Crippen LogP contribution is 2.59. The van der Waals surface area contributed by atoms with Gasteiger partial charge in [-0.1, -0.05) is 108 Å². The van der Waals surface area contributed by atoms with Crippen molar-refractivity contribution in [3.8, 4) is 0 Å². The Morgan fingerprint density at radius 2 is 1.32 bits per heavy atom. The molecule has 0 fully saturated rings. The fourth-order valence-corrected chi connectivity index (χ4v) is 9.35. The smallest absolute Gasteiger partial charge is 0.196 e. The van der Waals surface area contributed by atoms with Crippen molar-refractivity contribution in [3.05, 3.63) is 84.5 Å². The normalized spacial score (nSPS) is 21.9. The maximum absolute atomic E-state index is 4.08. The summed E-state index contributed by atoms with van der Waals surface area (Å²) in [6, 6.07) is 21.8. The summed E-state index contributed by atoms with van der Waals surface area (Å²) < 4.78 is 0. The minimum atomic E-state index is -2.25. The lowest BCUT2D eigenvalue weighted by Gasteiger charge is -2.52. The van der Waals surface area contributed by atoms with Crippen LogP contribution < -0.4 is 10.2 Å². The molecule has 2 unspecified atom stereocenters. The van der Waals surface area contributed by atoms with Gasteiger partial charge in [-0.25, -0.2) is 0 Å². The number of nitrogens with one attached hydrogen (secondary N) is 1. The molecule has 2 aromatic rings. The quantitative estimate of drug-likeness (QED) is 0.560. The molecule has 0 aromatic heterocycles. The zero-order valence-electron chi connectivity index (χ0n) is 18.5. The van der Waals surface area contributed by atoms with Crippen LogP contribution in [0, 0.1) is 10.8 Å². The molecule has 0 bridgehead atoms. The Hall–Kier alpha value is -2.06. The largest absolute Gasteiger partial charge is 0.406 e. The number of anilines is 1. The summed E-state index contributed by atoms with van der Waals surface area (Å²) in [5, 5.41) is 1.39. The van der Waals surface area contributed by atoms with Crippen LogP contribution in [-0.2, 0) is 0 Å². The standard InChI is InChI=1S/C26H35NSi/c1-24(2,3)21-18-19-26(20-21,25(4,5)6)28(7,23-16-12-9-13-17-23)27-22-14-10-8-11-15-22/h8-20,27H,1-7H3. The van der Waals surface area contributed by atoms with E-state index in [-0.39, 0.29) is 15.9 Å². The molecule has 28 heavy (non-hydrogen) atoms. The lowest BCUT2D eigenvalue weighted by Crippen LogP contribution is -2.64. The van der Waals surface area contributed by atoms with Crippen molar-refractivity contribution in [2.45, 2.75) is 53.1 Å². The monoisotopic (exact) mass is 389 g/mol. The first-order chi connectivity index (χ1) is 13.0. The van der Waals surface area contributed by atoms with Gasteiger partial charge in [-0.2, -0.15) is 0 Å². The van der Waals surface area contributed by atoms with Gasteiger partial charge in [-0.15, -0.1) is 0 Å². The maximum atomic E-state index is 4.08. The molecular formula is C26H35NSi. The van der Waals surface area contributed by atoms with Crippen molar-refractivity contribution in [3.63, 3.8) is 0 Å². The average molecular weight is 390 g/mol. The molecule has 1 nitrogen and oxygen atoms in total. The van der Waals surface area contributed by atoms with Crippen molar-refractivity contribution in [2.24, 2.45) is 10.8 Å². The van der Waals surface area contributed by atoms with Crippen LogP contribution in [0.1, 0.15) is 41.5 Å². The van der Waals surface area contributed by atoms with Crippen molar-refractivity contribution in [2.75, 3.05) is 4.98 Å². The fraction of sp³-hybridized carbons (Fsp3) is 0.385. The summed E-state index contributed by atoms with van der Waals surface area (Å²) in [6.07, 6.45) is 7.47. The van der Waals surface area contributed by atoms with E-state index in [4.69, 9.17) is 0 Å². The average Bonchev–Trinajstić information content (AvgIpc) is 3.11. The second-order valence-electron chi connectivity index (χ2n) is 10.3. The highest BCUT2D eigenvalue weighted by Gasteiger charge is 2.57. The first-order valence-electron chi connectivity index (χ1n) is 10.3. The molecule has 0 saturated heterocycles. The van der Waals surface area contributed by atoms with Gasteiger partial charge in [0.15, 0.2) is 8.24 Å². The predicted molar refractivity (Wildman–Crippen MR) is 127 cm³/mol. The molecule has 0 heterocycles. The van der Waals surface area contributed by atoms with E-state index in [0.717, 1.165) is 0 Å². The Morgan fingerprint density at radius 1 is 0.786 bits per heavy atom. The first kappa shape index (κ1) is 20.7. The van der Waals surface area contributed by atoms with E-state index in [1.807, 2.05) is 0 Å². The molecule has 0 spiro atoms. The number of rotatable bonds is 4. The molecule has 2 atom stereocenters. The van der Waals surface area contributed by atoms with Crippen LogP contribution in [0.2, 0.25) is 11.6 Å². The van der Waals surface area contributed by atoms with Gasteiger partial charge in [-0.05, 0) is 40.3 Å². The number of para-hydroxylation sites is 1. The Kier molecular flexibility index (Phi) is 5.22. The van der Waals surface area contributed by atoms with E-state index in [1.165, 1.54) is 16.4 Å². The second-order valence-corrected chi connectivity index (χ2v) is 14.2. The van der Waals surface area contributed by atoms with Gasteiger partial charge in [0.2, 0.25) is 0 Å². The van der Waals surface area contributed by atoms with Gasteiger partial charge in [0.05, 0.1) is 0 Å². The van der Waals surface area contributed by atoms with E-state index >= 15 is 0 Å². The minimum absolute atomic E-state index is 0.0419. The third-order valence-corrected chi connectivity index (χ3v) is 11.4. The SMILES string of the molecule is CC(C)(C)C1=CC(C(C)(C)C)([Si](C)(Nc2ccccc2)c2ccccc2)C=C1. The Morgan fingerprint density at radius 3 is 1.79 bits per heavy atom. The molecule has 0 aliphatic heterocycles. The van der Waals surface area contributed by atoms with Crippen molar-refractivity contribution < 1.29 is 0 Å². The Bertz CT molecular complexity index is 868.